The van der Waals surface area contributed by atoms with E-state index in [9.17, 15) is 13.6 Å². The minimum atomic E-state index is -0.662. The molecular weight excluding hydrogens is 330 g/mol. The lowest BCUT2D eigenvalue weighted by atomic mass is 10.1. The molecule has 1 atom stereocenters. The van der Waals surface area contributed by atoms with Crippen LogP contribution < -0.4 is 5.32 Å². The average molecular weight is 341 g/mol. The van der Waals surface area contributed by atoms with Gasteiger partial charge in [-0.15, -0.1) is 0 Å². The Morgan fingerprint density at radius 3 is 2.80 bits per heavy atom. The molecule has 0 saturated carbocycles. The zero-order chi connectivity index (χ0) is 14.7. The third-order valence-electron chi connectivity index (χ3n) is 2.78. The first-order valence-electron chi connectivity index (χ1n) is 5.85. The maximum absolute atomic E-state index is 13.6. The summed E-state index contributed by atoms with van der Waals surface area (Å²) in [6.45, 7) is 1.58. The van der Waals surface area contributed by atoms with Gasteiger partial charge in [0.25, 0.3) is 5.91 Å². The van der Waals surface area contributed by atoms with Crippen molar-refractivity contribution in [3.63, 3.8) is 0 Å². The zero-order valence-corrected chi connectivity index (χ0v) is 12.1. The normalized spacial score (nSPS) is 12.0. The third-order valence-corrected chi connectivity index (χ3v) is 3.41. The number of nitrogens with zero attached hydrogens (tertiary/aromatic N) is 1. The van der Waals surface area contributed by atoms with Gasteiger partial charge in [0, 0.05) is 11.8 Å². The van der Waals surface area contributed by atoms with Crippen molar-refractivity contribution in [2.75, 3.05) is 0 Å². The quantitative estimate of drug-likeness (QED) is 0.867. The zero-order valence-electron chi connectivity index (χ0n) is 10.5. The molecule has 1 aromatic carbocycles. The van der Waals surface area contributed by atoms with E-state index in [-0.39, 0.29) is 5.56 Å². The van der Waals surface area contributed by atoms with Crippen LogP contribution in [-0.4, -0.2) is 10.9 Å². The van der Waals surface area contributed by atoms with Gasteiger partial charge in [0.05, 0.1) is 11.6 Å². The minimum Gasteiger partial charge on any atom is -0.345 e. The van der Waals surface area contributed by atoms with Crippen LogP contribution in [0.2, 0.25) is 0 Å². The van der Waals surface area contributed by atoms with Crippen molar-refractivity contribution in [2.45, 2.75) is 13.0 Å². The summed E-state index contributed by atoms with van der Waals surface area (Å²) in [5, 5.41) is 2.61. The van der Waals surface area contributed by atoms with E-state index in [1.54, 1.807) is 19.1 Å². The highest BCUT2D eigenvalue weighted by atomic mass is 79.9. The fourth-order valence-corrected chi connectivity index (χ4v) is 2.18. The number of benzene rings is 1. The van der Waals surface area contributed by atoms with Gasteiger partial charge in [-0.2, -0.15) is 0 Å². The molecule has 2 aromatic rings. The summed E-state index contributed by atoms with van der Waals surface area (Å²) in [5.41, 5.74) is 0.425. The van der Waals surface area contributed by atoms with Crippen LogP contribution in [0.25, 0.3) is 0 Å². The molecule has 104 valence electrons. The number of pyridine rings is 1. The molecule has 1 unspecified atom stereocenters. The second-order valence-electron chi connectivity index (χ2n) is 4.20. The van der Waals surface area contributed by atoms with Gasteiger partial charge >= 0.3 is 0 Å². The average Bonchev–Trinajstić information content (AvgIpc) is 2.41. The SMILES string of the molecule is CC(NC(=O)c1cccnc1Br)c1cc(F)ccc1F. The molecule has 0 saturated heterocycles. The molecule has 2 rings (SSSR count). The molecule has 6 heteroatoms. The largest absolute Gasteiger partial charge is 0.345 e. The first kappa shape index (κ1) is 14.6. The Morgan fingerprint density at radius 1 is 1.35 bits per heavy atom. The Morgan fingerprint density at radius 2 is 2.10 bits per heavy atom. The number of hydrogen-bond donors (Lipinski definition) is 1. The second-order valence-corrected chi connectivity index (χ2v) is 4.95. The van der Waals surface area contributed by atoms with Gasteiger partial charge < -0.3 is 5.32 Å². The van der Waals surface area contributed by atoms with Crippen molar-refractivity contribution in [1.29, 1.82) is 0 Å². The smallest absolute Gasteiger partial charge is 0.254 e. The number of aromatic nitrogens is 1. The number of rotatable bonds is 3. The molecule has 3 nitrogen and oxygen atoms in total. The molecule has 0 aliphatic rings. The molecule has 0 radical (unpaired) electrons. The molecule has 0 aliphatic carbocycles. The predicted molar refractivity (Wildman–Crippen MR) is 74.2 cm³/mol. The van der Waals surface area contributed by atoms with Crippen LogP contribution in [0.3, 0.4) is 0 Å². The Labute approximate surface area is 123 Å². The van der Waals surface area contributed by atoms with Crippen molar-refractivity contribution in [2.24, 2.45) is 0 Å². The van der Waals surface area contributed by atoms with Gasteiger partial charge in [-0.1, -0.05) is 0 Å². The molecule has 1 aromatic heterocycles. The van der Waals surface area contributed by atoms with E-state index in [0.717, 1.165) is 18.2 Å². The number of halogens is 3. The monoisotopic (exact) mass is 340 g/mol. The van der Waals surface area contributed by atoms with E-state index >= 15 is 0 Å². The van der Waals surface area contributed by atoms with E-state index < -0.39 is 23.6 Å². The maximum atomic E-state index is 13.6. The highest BCUT2D eigenvalue weighted by Gasteiger charge is 2.17. The van der Waals surface area contributed by atoms with Gasteiger partial charge in [0.15, 0.2) is 0 Å². The molecule has 0 aliphatic heterocycles. The van der Waals surface area contributed by atoms with Crippen LogP contribution in [0.1, 0.15) is 28.9 Å². The number of carbonyl (C=O) groups is 1. The summed E-state index contributed by atoms with van der Waals surface area (Å²) < 4.78 is 27.1. The summed E-state index contributed by atoms with van der Waals surface area (Å²) in [6.07, 6.45) is 1.54. The first-order valence-corrected chi connectivity index (χ1v) is 6.64. The van der Waals surface area contributed by atoms with Crippen LogP contribution in [0.4, 0.5) is 8.78 Å². The number of carbonyl (C=O) groups excluding carboxylic acids is 1. The molecule has 20 heavy (non-hydrogen) atoms. The van der Waals surface area contributed by atoms with Crippen LogP contribution in [0.5, 0.6) is 0 Å². The summed E-state index contributed by atoms with van der Waals surface area (Å²) in [5.74, 6) is -1.53. The molecule has 1 heterocycles. The van der Waals surface area contributed by atoms with Gasteiger partial charge in [-0.05, 0) is 53.2 Å². The van der Waals surface area contributed by atoms with Gasteiger partial charge in [-0.25, -0.2) is 13.8 Å². The first-order chi connectivity index (χ1) is 9.49. The Bertz CT molecular complexity index is 649. The van der Waals surface area contributed by atoms with E-state index in [0.29, 0.717) is 10.2 Å². The lowest BCUT2D eigenvalue weighted by Crippen LogP contribution is -2.27. The topological polar surface area (TPSA) is 42.0 Å². The van der Waals surface area contributed by atoms with Crippen molar-refractivity contribution in [1.82, 2.24) is 10.3 Å². The van der Waals surface area contributed by atoms with Gasteiger partial charge in [0.2, 0.25) is 0 Å². The Balaban J connectivity index is 2.19. The maximum Gasteiger partial charge on any atom is 0.254 e. The van der Waals surface area contributed by atoms with Crippen molar-refractivity contribution < 1.29 is 13.6 Å². The second kappa shape index (κ2) is 6.09. The Kier molecular flexibility index (Phi) is 4.44. The van der Waals surface area contributed by atoms with Crippen LogP contribution in [-0.2, 0) is 0 Å². The lowest BCUT2D eigenvalue weighted by molar-refractivity contribution is 0.0938. The van der Waals surface area contributed by atoms with Crippen LogP contribution >= 0.6 is 15.9 Å². The van der Waals surface area contributed by atoms with Crippen molar-refractivity contribution in [3.8, 4) is 0 Å². The number of hydrogen-bond acceptors (Lipinski definition) is 2. The number of nitrogens with one attached hydrogen (secondary N) is 1. The summed E-state index contributed by atoms with van der Waals surface area (Å²) in [4.78, 5) is 16.0. The van der Waals surface area contributed by atoms with E-state index in [4.69, 9.17) is 0 Å². The molecule has 1 N–H and O–H groups in total. The fraction of sp³-hybridized carbons (Fsp3) is 0.143. The van der Waals surface area contributed by atoms with E-state index in [2.05, 4.69) is 26.2 Å². The predicted octanol–water partition coefficient (Wildman–Crippen LogP) is 3.61. The van der Waals surface area contributed by atoms with Crippen molar-refractivity contribution >= 4 is 21.8 Å². The third kappa shape index (κ3) is 3.19. The lowest BCUT2D eigenvalue weighted by Gasteiger charge is -2.15. The molecular formula is C14H11BrF2N2O. The summed E-state index contributed by atoms with van der Waals surface area (Å²) in [6, 6.07) is 5.68. The van der Waals surface area contributed by atoms with Gasteiger partial charge in [0.1, 0.15) is 16.2 Å². The molecule has 0 fully saturated rings. The highest BCUT2D eigenvalue weighted by Crippen LogP contribution is 2.19. The van der Waals surface area contributed by atoms with E-state index in [1.165, 1.54) is 6.20 Å². The number of amides is 1. The van der Waals surface area contributed by atoms with Crippen LogP contribution in [0.15, 0.2) is 41.1 Å². The molecule has 0 bridgehead atoms. The Hall–Kier alpha value is -1.82. The highest BCUT2D eigenvalue weighted by molar-refractivity contribution is 9.10. The van der Waals surface area contributed by atoms with E-state index in [1.807, 2.05) is 0 Å². The standard InChI is InChI=1S/C14H11BrF2N2O/c1-8(11-7-9(16)4-5-12(11)17)19-14(20)10-3-2-6-18-13(10)15/h2-8H,1H3,(H,19,20). The molecule has 1 amide bonds. The fourth-order valence-electron chi connectivity index (χ4n) is 1.75. The summed E-state index contributed by atoms with van der Waals surface area (Å²) >= 11 is 3.16. The van der Waals surface area contributed by atoms with Crippen LogP contribution in [0, 0.1) is 11.6 Å². The minimum absolute atomic E-state index is 0.0957. The summed E-state index contributed by atoms with van der Waals surface area (Å²) in [7, 11) is 0. The van der Waals surface area contributed by atoms with Crippen molar-refractivity contribution in [3.05, 3.63) is 63.9 Å². The van der Waals surface area contributed by atoms with Gasteiger partial charge in [-0.3, -0.25) is 4.79 Å². The molecule has 0 spiro atoms.